The van der Waals surface area contributed by atoms with Crippen LogP contribution < -0.4 is 5.32 Å². The lowest BCUT2D eigenvalue weighted by atomic mass is 9.81. The molecule has 0 bridgehead atoms. The number of amides is 1. The minimum atomic E-state index is -0.533. The van der Waals surface area contributed by atoms with Gasteiger partial charge >= 0.3 is 0 Å². The number of hydrogen-bond acceptors (Lipinski definition) is 4. The molecule has 1 aromatic heterocycles. The summed E-state index contributed by atoms with van der Waals surface area (Å²) < 4.78 is 32.4. The quantitative estimate of drug-likeness (QED) is 0.325. The van der Waals surface area contributed by atoms with E-state index in [-0.39, 0.29) is 23.4 Å². The second-order valence-electron chi connectivity index (χ2n) is 10.7. The van der Waals surface area contributed by atoms with E-state index >= 15 is 0 Å². The average Bonchev–Trinajstić information content (AvgIpc) is 3.34. The van der Waals surface area contributed by atoms with E-state index in [0.29, 0.717) is 17.4 Å². The molecule has 1 N–H and O–H groups in total. The van der Waals surface area contributed by atoms with Crippen molar-refractivity contribution in [2.24, 2.45) is 5.92 Å². The van der Waals surface area contributed by atoms with E-state index in [1.54, 1.807) is 12.1 Å². The fraction of sp³-hybridized carbons (Fsp3) is 0.469. The van der Waals surface area contributed by atoms with Crippen LogP contribution in [0.1, 0.15) is 99.0 Å². The van der Waals surface area contributed by atoms with Gasteiger partial charge in [0.2, 0.25) is 5.91 Å². The number of carbonyl (C=O) groups excluding carboxylic acids is 2. The first-order valence-electron chi connectivity index (χ1n) is 14.1. The van der Waals surface area contributed by atoms with E-state index in [9.17, 15) is 18.4 Å². The van der Waals surface area contributed by atoms with Gasteiger partial charge in [0.15, 0.2) is 17.4 Å². The number of benzene rings is 2. The Hall–Kier alpha value is -3.35. The number of aromatic nitrogens is 1. The lowest BCUT2D eigenvalue weighted by molar-refractivity contribution is -0.119. The molecule has 0 saturated heterocycles. The van der Waals surface area contributed by atoms with Crippen molar-refractivity contribution in [3.05, 3.63) is 77.3 Å². The molecule has 1 unspecified atom stereocenters. The topological polar surface area (TPSA) is 72.2 Å². The van der Waals surface area contributed by atoms with Gasteiger partial charge in [0.1, 0.15) is 11.6 Å². The van der Waals surface area contributed by atoms with E-state index in [1.165, 1.54) is 62.9 Å². The smallest absolute Gasteiger partial charge is 0.217 e. The largest absolute Gasteiger partial charge is 0.441 e. The van der Waals surface area contributed by atoms with Crippen LogP contribution in [-0.4, -0.2) is 22.7 Å². The molecule has 1 heterocycles. The molecular formula is C32H38F2N2O3. The molecule has 1 atom stereocenters. The van der Waals surface area contributed by atoms with Crippen LogP contribution in [0, 0.1) is 24.5 Å². The molecule has 0 aliphatic heterocycles. The number of carbonyl (C=O) groups is 2. The zero-order valence-electron chi connectivity index (χ0n) is 22.8. The van der Waals surface area contributed by atoms with Crippen molar-refractivity contribution >= 4 is 11.7 Å². The Balaban J connectivity index is 0.000000181. The van der Waals surface area contributed by atoms with Crippen molar-refractivity contribution in [3.63, 3.8) is 0 Å². The van der Waals surface area contributed by atoms with Crippen LogP contribution in [0.2, 0.25) is 0 Å². The summed E-state index contributed by atoms with van der Waals surface area (Å²) in [5.74, 6) is 0.968. The summed E-state index contributed by atoms with van der Waals surface area (Å²) in [5, 5.41) is 2.76. The molecule has 2 saturated carbocycles. The minimum Gasteiger partial charge on any atom is -0.441 e. The van der Waals surface area contributed by atoms with Gasteiger partial charge in [-0.05, 0) is 55.9 Å². The Kier molecular flexibility index (Phi) is 10.0. The van der Waals surface area contributed by atoms with Gasteiger partial charge in [-0.25, -0.2) is 13.8 Å². The molecule has 208 valence electrons. The molecule has 0 radical (unpaired) electrons. The fourth-order valence-corrected chi connectivity index (χ4v) is 5.84. The van der Waals surface area contributed by atoms with Gasteiger partial charge in [0.25, 0.3) is 0 Å². The van der Waals surface area contributed by atoms with Crippen LogP contribution >= 0.6 is 0 Å². The number of halogens is 2. The number of Topliss-reactive ketones (excluding diaryl/α,β-unsaturated/α-hetero) is 1. The van der Waals surface area contributed by atoms with Crippen molar-refractivity contribution in [2.75, 3.05) is 0 Å². The molecular weight excluding hydrogens is 498 g/mol. The molecule has 2 aliphatic rings. The number of oxazole rings is 1. The van der Waals surface area contributed by atoms with Crippen LogP contribution in [0.3, 0.4) is 0 Å². The zero-order chi connectivity index (χ0) is 27.8. The number of ketones is 1. The highest BCUT2D eigenvalue weighted by Gasteiger charge is 2.31. The molecule has 5 rings (SSSR count). The number of rotatable bonds is 6. The maximum atomic E-state index is 13.4. The van der Waals surface area contributed by atoms with Gasteiger partial charge in [0.05, 0.1) is 11.7 Å². The van der Waals surface area contributed by atoms with Crippen LogP contribution in [0.4, 0.5) is 8.78 Å². The summed E-state index contributed by atoms with van der Waals surface area (Å²) in [7, 11) is 0. The Morgan fingerprint density at radius 1 is 0.897 bits per heavy atom. The monoisotopic (exact) mass is 536 g/mol. The summed E-state index contributed by atoms with van der Waals surface area (Å²) in [5.41, 5.74) is 2.14. The van der Waals surface area contributed by atoms with E-state index in [2.05, 4.69) is 10.3 Å². The van der Waals surface area contributed by atoms with E-state index in [4.69, 9.17) is 4.42 Å². The SMILES string of the molecule is CC(=O)NC(C(=O)c1cccc(F)c1)C1CCCCC1.Cc1nc(C2CCCCC2)c(-c2cccc(F)c2)o1. The van der Waals surface area contributed by atoms with Gasteiger partial charge < -0.3 is 9.73 Å². The predicted molar refractivity (Wildman–Crippen MR) is 147 cm³/mol. The number of aryl methyl sites for hydroxylation is 1. The van der Waals surface area contributed by atoms with Crippen molar-refractivity contribution in [1.29, 1.82) is 0 Å². The number of nitrogens with zero attached hydrogens (tertiary/aromatic N) is 1. The molecule has 0 spiro atoms. The normalized spacial score (nSPS) is 17.1. The molecule has 2 aliphatic carbocycles. The van der Waals surface area contributed by atoms with E-state index in [0.717, 1.165) is 55.5 Å². The Morgan fingerprint density at radius 3 is 2.13 bits per heavy atom. The van der Waals surface area contributed by atoms with Crippen LogP contribution in [0.5, 0.6) is 0 Å². The Morgan fingerprint density at radius 2 is 1.51 bits per heavy atom. The molecule has 3 aromatic rings. The fourth-order valence-electron chi connectivity index (χ4n) is 5.84. The lowest BCUT2D eigenvalue weighted by Gasteiger charge is -2.29. The van der Waals surface area contributed by atoms with Gasteiger partial charge in [-0.1, -0.05) is 62.8 Å². The van der Waals surface area contributed by atoms with Crippen molar-refractivity contribution < 1.29 is 22.8 Å². The highest BCUT2D eigenvalue weighted by molar-refractivity contribution is 6.02. The number of nitrogens with one attached hydrogen (secondary N) is 1. The minimum absolute atomic E-state index is 0.156. The summed E-state index contributed by atoms with van der Waals surface area (Å²) in [6.45, 7) is 3.27. The third kappa shape index (κ3) is 7.84. The van der Waals surface area contributed by atoms with Crippen LogP contribution in [0.15, 0.2) is 52.9 Å². The third-order valence-corrected chi connectivity index (χ3v) is 7.71. The first-order valence-corrected chi connectivity index (χ1v) is 14.1. The maximum Gasteiger partial charge on any atom is 0.217 e. The van der Waals surface area contributed by atoms with Crippen LogP contribution in [0.25, 0.3) is 11.3 Å². The van der Waals surface area contributed by atoms with E-state index < -0.39 is 11.9 Å². The second kappa shape index (κ2) is 13.6. The predicted octanol–water partition coefficient (Wildman–Crippen LogP) is 7.93. The standard InChI is InChI=1S/C16H20FNO2.C16H18FNO/c1-11(19)18-15(12-6-3-2-4-7-12)16(20)13-8-5-9-14(17)10-13;1-11-18-15(12-6-3-2-4-7-12)16(19-11)13-8-5-9-14(17)10-13/h5,8-10,12,15H,2-4,6-7H2,1H3,(H,18,19);5,8-10,12H,2-4,6-7H2,1H3. The van der Waals surface area contributed by atoms with Gasteiger partial charge in [-0.3, -0.25) is 9.59 Å². The maximum absolute atomic E-state index is 13.4. The summed E-state index contributed by atoms with van der Waals surface area (Å²) >= 11 is 0. The Labute approximate surface area is 229 Å². The molecule has 5 nitrogen and oxygen atoms in total. The van der Waals surface area contributed by atoms with Gasteiger partial charge in [-0.15, -0.1) is 0 Å². The summed E-state index contributed by atoms with van der Waals surface area (Å²) in [6, 6.07) is 11.7. The Bertz CT molecular complexity index is 1260. The summed E-state index contributed by atoms with van der Waals surface area (Å²) in [6.07, 6.45) is 11.3. The highest BCUT2D eigenvalue weighted by Crippen LogP contribution is 2.38. The van der Waals surface area contributed by atoms with Gasteiger partial charge in [-0.2, -0.15) is 0 Å². The molecule has 39 heavy (non-hydrogen) atoms. The average molecular weight is 537 g/mol. The highest BCUT2D eigenvalue weighted by atomic mass is 19.1. The first kappa shape index (κ1) is 28.7. The van der Waals surface area contributed by atoms with E-state index in [1.807, 2.05) is 13.0 Å². The van der Waals surface area contributed by atoms with Crippen molar-refractivity contribution in [2.45, 2.75) is 90.0 Å². The van der Waals surface area contributed by atoms with Gasteiger partial charge in [0, 0.05) is 30.9 Å². The summed E-state index contributed by atoms with van der Waals surface area (Å²) in [4.78, 5) is 28.5. The molecule has 1 amide bonds. The molecule has 7 heteroatoms. The molecule has 2 aromatic carbocycles. The van der Waals surface area contributed by atoms with Crippen molar-refractivity contribution in [1.82, 2.24) is 10.3 Å². The van der Waals surface area contributed by atoms with Crippen LogP contribution in [-0.2, 0) is 4.79 Å². The third-order valence-electron chi connectivity index (χ3n) is 7.71. The zero-order valence-corrected chi connectivity index (χ0v) is 22.8. The molecule has 2 fully saturated rings. The lowest BCUT2D eigenvalue weighted by Crippen LogP contribution is -2.45. The second-order valence-corrected chi connectivity index (χ2v) is 10.7. The number of hydrogen-bond donors (Lipinski definition) is 1. The van der Waals surface area contributed by atoms with Crippen molar-refractivity contribution in [3.8, 4) is 11.3 Å². The first-order chi connectivity index (χ1) is 18.8.